The van der Waals surface area contributed by atoms with E-state index in [1.165, 1.54) is 0 Å². The number of amides is 1. The number of anilines is 1. The minimum atomic E-state index is -0.324. The molecule has 0 saturated heterocycles. The number of carbonyl (C=O) groups is 2. The molecule has 0 aliphatic heterocycles. The minimum Gasteiger partial charge on any atom is -0.466 e. The van der Waals surface area contributed by atoms with Crippen molar-refractivity contribution in [1.82, 2.24) is 0 Å². The van der Waals surface area contributed by atoms with Crippen molar-refractivity contribution in [1.29, 1.82) is 0 Å². The van der Waals surface area contributed by atoms with E-state index < -0.39 is 0 Å². The molecule has 1 aromatic carbocycles. The molecule has 0 N–H and O–H groups in total. The molecule has 0 aromatic heterocycles. The number of carbonyl (C=O) groups excluding carboxylic acids is 2. The molecule has 0 unspecified atom stereocenters. The Kier molecular flexibility index (Phi) is 5.91. The van der Waals surface area contributed by atoms with Crippen molar-refractivity contribution in [3.05, 3.63) is 30.3 Å². The molecule has 18 heavy (non-hydrogen) atoms. The predicted octanol–water partition coefficient (Wildman–Crippen LogP) is 2.38. The minimum absolute atomic E-state index is 0.0586. The first-order chi connectivity index (χ1) is 8.69. The van der Waals surface area contributed by atoms with Crippen molar-refractivity contribution >= 4 is 17.6 Å². The molecule has 0 radical (unpaired) electrons. The van der Waals surface area contributed by atoms with Crippen LogP contribution < -0.4 is 4.90 Å². The molecule has 0 atom stereocenters. The number of rotatable bonds is 6. The number of esters is 1. The van der Waals surface area contributed by atoms with Crippen LogP contribution in [-0.4, -0.2) is 25.0 Å². The Morgan fingerprint density at radius 3 is 2.33 bits per heavy atom. The molecule has 1 amide bonds. The van der Waals surface area contributed by atoms with Crippen LogP contribution in [0.5, 0.6) is 0 Å². The third kappa shape index (κ3) is 4.20. The molecular weight excluding hydrogens is 230 g/mol. The van der Waals surface area contributed by atoms with E-state index in [4.69, 9.17) is 4.74 Å². The summed E-state index contributed by atoms with van der Waals surface area (Å²) in [4.78, 5) is 24.9. The molecule has 1 rings (SSSR count). The Morgan fingerprint density at radius 2 is 1.78 bits per heavy atom. The van der Waals surface area contributed by atoms with Gasteiger partial charge < -0.3 is 9.64 Å². The van der Waals surface area contributed by atoms with Gasteiger partial charge in [0.05, 0.1) is 13.0 Å². The third-order valence-electron chi connectivity index (χ3n) is 2.53. The van der Waals surface area contributed by atoms with Gasteiger partial charge in [-0.25, -0.2) is 0 Å². The molecule has 98 valence electrons. The Balaban J connectivity index is 2.56. The molecule has 0 spiro atoms. The van der Waals surface area contributed by atoms with E-state index in [1.54, 1.807) is 11.8 Å². The lowest BCUT2D eigenvalue weighted by molar-refractivity contribution is -0.144. The monoisotopic (exact) mass is 249 g/mol. The van der Waals surface area contributed by atoms with Crippen LogP contribution in [0.3, 0.4) is 0 Å². The third-order valence-corrected chi connectivity index (χ3v) is 2.53. The van der Waals surface area contributed by atoms with Gasteiger partial charge in [-0.05, 0) is 26.0 Å². The number of benzene rings is 1. The molecule has 1 aromatic rings. The van der Waals surface area contributed by atoms with E-state index >= 15 is 0 Å². The van der Waals surface area contributed by atoms with Gasteiger partial charge in [0.15, 0.2) is 0 Å². The Bertz CT molecular complexity index is 389. The maximum atomic E-state index is 12.0. The fourth-order valence-electron chi connectivity index (χ4n) is 1.69. The second kappa shape index (κ2) is 7.48. The van der Waals surface area contributed by atoms with Crippen molar-refractivity contribution in [2.45, 2.75) is 26.7 Å². The maximum Gasteiger partial charge on any atom is 0.306 e. The number of nitrogens with zero attached hydrogens (tertiary/aromatic N) is 1. The highest BCUT2D eigenvalue weighted by Gasteiger charge is 2.15. The Hall–Kier alpha value is -1.84. The van der Waals surface area contributed by atoms with E-state index in [0.29, 0.717) is 13.2 Å². The summed E-state index contributed by atoms with van der Waals surface area (Å²) in [5.74, 6) is -0.383. The Morgan fingerprint density at radius 1 is 1.11 bits per heavy atom. The van der Waals surface area contributed by atoms with Gasteiger partial charge in [0.2, 0.25) is 5.91 Å². The van der Waals surface area contributed by atoms with Crippen molar-refractivity contribution < 1.29 is 14.3 Å². The number of hydrogen-bond acceptors (Lipinski definition) is 3. The highest BCUT2D eigenvalue weighted by atomic mass is 16.5. The average Bonchev–Trinajstić information content (AvgIpc) is 2.39. The van der Waals surface area contributed by atoms with E-state index in [9.17, 15) is 9.59 Å². The lowest BCUT2D eigenvalue weighted by Gasteiger charge is -2.20. The lowest BCUT2D eigenvalue weighted by Crippen LogP contribution is -2.30. The first kappa shape index (κ1) is 14.2. The van der Waals surface area contributed by atoms with Crippen LogP contribution in [0.15, 0.2) is 30.3 Å². The smallest absolute Gasteiger partial charge is 0.306 e. The number of para-hydroxylation sites is 1. The number of ether oxygens (including phenoxy) is 1. The summed E-state index contributed by atoms with van der Waals surface area (Å²) >= 11 is 0. The highest BCUT2D eigenvalue weighted by molar-refractivity contribution is 5.94. The molecule has 0 heterocycles. The summed E-state index contributed by atoms with van der Waals surface area (Å²) in [6.07, 6.45) is 0.317. The van der Waals surface area contributed by atoms with Crippen LogP contribution >= 0.6 is 0 Å². The van der Waals surface area contributed by atoms with Gasteiger partial charge in [-0.15, -0.1) is 0 Å². The zero-order valence-corrected chi connectivity index (χ0v) is 10.9. The predicted molar refractivity (Wildman–Crippen MR) is 70.3 cm³/mol. The van der Waals surface area contributed by atoms with Crippen LogP contribution in [0.4, 0.5) is 5.69 Å². The van der Waals surface area contributed by atoms with Gasteiger partial charge in [0, 0.05) is 18.7 Å². The fourth-order valence-corrected chi connectivity index (χ4v) is 1.69. The average molecular weight is 249 g/mol. The summed E-state index contributed by atoms with van der Waals surface area (Å²) in [5.41, 5.74) is 0.855. The van der Waals surface area contributed by atoms with Gasteiger partial charge in [0.1, 0.15) is 0 Å². The largest absolute Gasteiger partial charge is 0.466 e. The summed E-state index contributed by atoms with van der Waals surface area (Å²) < 4.78 is 4.80. The van der Waals surface area contributed by atoms with Crippen LogP contribution in [0.2, 0.25) is 0 Å². The first-order valence-corrected chi connectivity index (χ1v) is 6.20. The van der Waals surface area contributed by atoms with Crippen molar-refractivity contribution in [3.63, 3.8) is 0 Å². The van der Waals surface area contributed by atoms with E-state index in [-0.39, 0.29) is 24.7 Å². The lowest BCUT2D eigenvalue weighted by atomic mass is 10.2. The second-order valence-electron chi connectivity index (χ2n) is 3.78. The molecular formula is C14H19NO3. The quantitative estimate of drug-likeness (QED) is 0.727. The molecule has 0 aliphatic rings. The highest BCUT2D eigenvalue weighted by Crippen LogP contribution is 2.14. The SMILES string of the molecule is CCOC(=O)CCC(=O)N(CC)c1ccccc1. The van der Waals surface area contributed by atoms with E-state index in [2.05, 4.69) is 0 Å². The number of hydrogen-bond donors (Lipinski definition) is 0. The molecule has 0 aliphatic carbocycles. The van der Waals surface area contributed by atoms with Crippen LogP contribution in [0.1, 0.15) is 26.7 Å². The molecule has 0 fully saturated rings. The topological polar surface area (TPSA) is 46.6 Å². The van der Waals surface area contributed by atoms with Gasteiger partial charge in [-0.2, -0.15) is 0 Å². The van der Waals surface area contributed by atoms with E-state index in [1.807, 2.05) is 37.3 Å². The summed E-state index contributed by atoms with van der Waals surface area (Å²) in [6.45, 7) is 4.60. The maximum absolute atomic E-state index is 12.0. The standard InChI is InChI=1S/C14H19NO3/c1-3-15(12-8-6-5-7-9-12)13(16)10-11-14(17)18-4-2/h5-9H,3-4,10-11H2,1-2H3. The van der Waals surface area contributed by atoms with Crippen molar-refractivity contribution in [2.24, 2.45) is 0 Å². The molecule has 4 nitrogen and oxygen atoms in total. The van der Waals surface area contributed by atoms with Gasteiger partial charge in [0.25, 0.3) is 0 Å². The van der Waals surface area contributed by atoms with Crippen LogP contribution in [0.25, 0.3) is 0 Å². The van der Waals surface area contributed by atoms with Crippen molar-refractivity contribution in [3.8, 4) is 0 Å². The van der Waals surface area contributed by atoms with Gasteiger partial charge in [-0.1, -0.05) is 18.2 Å². The second-order valence-corrected chi connectivity index (χ2v) is 3.78. The molecule has 0 saturated carbocycles. The van der Waals surface area contributed by atoms with E-state index in [0.717, 1.165) is 5.69 Å². The zero-order chi connectivity index (χ0) is 13.4. The fraction of sp³-hybridized carbons (Fsp3) is 0.429. The van der Waals surface area contributed by atoms with Crippen LogP contribution in [-0.2, 0) is 14.3 Å². The Labute approximate surface area is 108 Å². The molecule has 0 bridgehead atoms. The summed E-state index contributed by atoms with van der Waals surface area (Å²) in [5, 5.41) is 0. The summed E-state index contributed by atoms with van der Waals surface area (Å²) in [7, 11) is 0. The normalized spacial score (nSPS) is 9.89. The van der Waals surface area contributed by atoms with Crippen molar-refractivity contribution in [2.75, 3.05) is 18.1 Å². The zero-order valence-electron chi connectivity index (χ0n) is 10.9. The molecule has 4 heteroatoms. The van der Waals surface area contributed by atoms with Gasteiger partial charge in [-0.3, -0.25) is 9.59 Å². The van der Waals surface area contributed by atoms with Crippen LogP contribution in [0, 0.1) is 0 Å². The van der Waals surface area contributed by atoms with Gasteiger partial charge >= 0.3 is 5.97 Å². The summed E-state index contributed by atoms with van der Waals surface area (Å²) in [6, 6.07) is 9.44. The first-order valence-electron chi connectivity index (χ1n) is 6.20.